The van der Waals surface area contributed by atoms with E-state index in [-0.39, 0.29) is 18.5 Å². The molecule has 0 radical (unpaired) electrons. The number of benzene rings is 1. The Labute approximate surface area is 156 Å². The highest BCUT2D eigenvalue weighted by atomic mass is 19.1. The van der Waals surface area contributed by atoms with Crippen LogP contribution in [0.4, 0.5) is 10.3 Å². The fourth-order valence-electron chi connectivity index (χ4n) is 3.17. The first-order valence-electron chi connectivity index (χ1n) is 8.98. The molecule has 1 unspecified atom stereocenters. The third-order valence-electron chi connectivity index (χ3n) is 4.51. The van der Waals surface area contributed by atoms with Gasteiger partial charge in [-0.25, -0.2) is 14.4 Å². The number of halogens is 1. The minimum absolute atomic E-state index is 0.0124. The van der Waals surface area contributed by atoms with Gasteiger partial charge in [0, 0.05) is 24.3 Å². The van der Waals surface area contributed by atoms with Crippen molar-refractivity contribution in [3.63, 3.8) is 0 Å². The molecule has 0 fully saturated rings. The molecule has 0 bridgehead atoms. The maximum atomic E-state index is 13.4. The Morgan fingerprint density at radius 3 is 2.89 bits per heavy atom. The van der Waals surface area contributed by atoms with Gasteiger partial charge in [-0.15, -0.1) is 0 Å². The molecule has 0 aliphatic carbocycles. The quantitative estimate of drug-likeness (QED) is 0.641. The summed E-state index contributed by atoms with van der Waals surface area (Å²) in [5.74, 6) is 0.164. The predicted molar refractivity (Wildman–Crippen MR) is 101 cm³/mol. The number of nitrogens with zero attached hydrogens (tertiary/aromatic N) is 4. The minimum atomic E-state index is -0.283. The van der Waals surface area contributed by atoms with Crippen LogP contribution in [0.5, 0.6) is 0 Å². The van der Waals surface area contributed by atoms with Crippen LogP contribution in [0.15, 0.2) is 36.5 Å². The van der Waals surface area contributed by atoms with E-state index >= 15 is 0 Å². The summed E-state index contributed by atoms with van der Waals surface area (Å²) in [5, 5.41) is 17.0. The van der Waals surface area contributed by atoms with Gasteiger partial charge in [-0.3, -0.25) is 0 Å². The molecule has 27 heavy (non-hydrogen) atoms. The molecule has 3 N–H and O–H groups in total. The highest BCUT2D eigenvalue weighted by Crippen LogP contribution is 2.35. The van der Waals surface area contributed by atoms with Gasteiger partial charge in [0.15, 0.2) is 0 Å². The van der Waals surface area contributed by atoms with Crippen LogP contribution in [0, 0.1) is 5.82 Å². The van der Waals surface area contributed by atoms with Crippen molar-refractivity contribution in [1.82, 2.24) is 19.9 Å². The molecule has 0 amide bonds. The van der Waals surface area contributed by atoms with Crippen LogP contribution in [-0.2, 0) is 6.42 Å². The number of anilines is 1. The normalized spacial score (nSPS) is 14.3. The van der Waals surface area contributed by atoms with Gasteiger partial charge in [-0.2, -0.15) is 9.89 Å². The van der Waals surface area contributed by atoms with Crippen molar-refractivity contribution >= 4 is 5.95 Å². The summed E-state index contributed by atoms with van der Waals surface area (Å²) in [7, 11) is 0. The van der Waals surface area contributed by atoms with Crippen LogP contribution in [0.25, 0.3) is 22.5 Å². The van der Waals surface area contributed by atoms with Crippen LogP contribution in [0.3, 0.4) is 0 Å². The lowest BCUT2D eigenvalue weighted by Crippen LogP contribution is -2.25. The monoisotopic (exact) mass is 368 g/mol. The van der Waals surface area contributed by atoms with Crippen LogP contribution < -0.4 is 10.7 Å². The van der Waals surface area contributed by atoms with Crippen LogP contribution in [0.2, 0.25) is 0 Å². The van der Waals surface area contributed by atoms with Crippen molar-refractivity contribution in [1.29, 1.82) is 0 Å². The van der Waals surface area contributed by atoms with Gasteiger partial charge in [0.25, 0.3) is 0 Å². The largest absolute Gasteiger partial charge is 0.394 e. The van der Waals surface area contributed by atoms with Crippen LogP contribution in [0.1, 0.15) is 19.0 Å². The Hall–Kier alpha value is -3.00. The van der Waals surface area contributed by atoms with Crippen molar-refractivity contribution in [2.75, 3.05) is 23.9 Å². The summed E-state index contributed by atoms with van der Waals surface area (Å²) in [6, 6.07) is 8.00. The molecule has 1 atom stereocenters. The first kappa shape index (κ1) is 17.4. The predicted octanol–water partition coefficient (Wildman–Crippen LogP) is 2.43. The lowest BCUT2D eigenvalue weighted by molar-refractivity contribution is 0.281. The number of nitrogens with one attached hydrogen (secondary N) is 2. The van der Waals surface area contributed by atoms with Gasteiger partial charge in [0.1, 0.15) is 11.5 Å². The SMILES string of the molecule is CC(CO)Nc1nccc(-c2c(-c3ccc(F)cc3)nn3c2CCCN3)n1. The zero-order valence-corrected chi connectivity index (χ0v) is 15.0. The van der Waals surface area contributed by atoms with E-state index in [2.05, 4.69) is 20.7 Å². The molecule has 1 aliphatic heterocycles. The maximum Gasteiger partial charge on any atom is 0.223 e. The van der Waals surface area contributed by atoms with Gasteiger partial charge < -0.3 is 15.8 Å². The number of fused-ring (bicyclic) bond motifs is 1. The van der Waals surface area contributed by atoms with Crippen molar-refractivity contribution in [2.24, 2.45) is 0 Å². The Morgan fingerprint density at radius 2 is 2.11 bits per heavy atom. The van der Waals surface area contributed by atoms with E-state index < -0.39 is 0 Å². The van der Waals surface area contributed by atoms with E-state index in [1.54, 1.807) is 23.1 Å². The Bertz CT molecular complexity index is 940. The molecule has 8 heteroatoms. The number of hydrogen-bond donors (Lipinski definition) is 3. The second-order valence-corrected chi connectivity index (χ2v) is 6.59. The molecule has 140 valence electrons. The molecular formula is C19H21FN6O. The summed E-state index contributed by atoms with van der Waals surface area (Å²) in [4.78, 5) is 10.7. The van der Waals surface area contributed by atoms with Gasteiger partial charge in [0.2, 0.25) is 5.95 Å². The second-order valence-electron chi connectivity index (χ2n) is 6.59. The van der Waals surface area contributed by atoms with Gasteiger partial charge in [-0.1, -0.05) is 0 Å². The summed E-state index contributed by atoms with van der Waals surface area (Å²) in [6.07, 6.45) is 3.55. The van der Waals surface area contributed by atoms with E-state index in [0.29, 0.717) is 5.95 Å². The fraction of sp³-hybridized carbons (Fsp3) is 0.316. The highest BCUT2D eigenvalue weighted by molar-refractivity contribution is 5.81. The average molecular weight is 368 g/mol. The molecule has 1 aromatic carbocycles. The molecule has 0 spiro atoms. The molecule has 2 aromatic heterocycles. The molecule has 7 nitrogen and oxygen atoms in total. The molecule has 4 rings (SSSR count). The first-order chi connectivity index (χ1) is 13.2. The topological polar surface area (TPSA) is 87.9 Å². The van der Waals surface area contributed by atoms with E-state index in [1.165, 1.54) is 12.1 Å². The third kappa shape index (κ3) is 3.48. The zero-order chi connectivity index (χ0) is 18.8. The average Bonchev–Trinajstić information content (AvgIpc) is 3.08. The van der Waals surface area contributed by atoms with Gasteiger partial charge in [-0.05, 0) is 50.1 Å². The van der Waals surface area contributed by atoms with Crippen molar-refractivity contribution in [3.05, 3.63) is 48.0 Å². The summed E-state index contributed by atoms with van der Waals surface area (Å²) >= 11 is 0. The van der Waals surface area contributed by atoms with Crippen molar-refractivity contribution in [3.8, 4) is 22.5 Å². The number of aliphatic hydroxyl groups excluding tert-OH is 1. The van der Waals surface area contributed by atoms with E-state index in [1.807, 2.05) is 13.0 Å². The first-order valence-corrected chi connectivity index (χ1v) is 8.98. The Balaban J connectivity index is 1.83. The lowest BCUT2D eigenvalue weighted by Gasteiger charge is -2.16. The van der Waals surface area contributed by atoms with Crippen LogP contribution >= 0.6 is 0 Å². The fourth-order valence-corrected chi connectivity index (χ4v) is 3.17. The van der Waals surface area contributed by atoms with E-state index in [0.717, 1.165) is 47.6 Å². The van der Waals surface area contributed by atoms with Crippen LogP contribution in [-0.4, -0.2) is 44.2 Å². The Morgan fingerprint density at radius 1 is 1.30 bits per heavy atom. The smallest absolute Gasteiger partial charge is 0.223 e. The van der Waals surface area contributed by atoms with E-state index in [4.69, 9.17) is 5.10 Å². The number of aromatic nitrogens is 4. The molecular weight excluding hydrogens is 347 g/mol. The molecule has 3 aromatic rings. The summed E-state index contributed by atoms with van der Waals surface area (Å²) < 4.78 is 13.4. The minimum Gasteiger partial charge on any atom is -0.394 e. The maximum absolute atomic E-state index is 13.4. The van der Waals surface area contributed by atoms with Crippen molar-refractivity contribution < 1.29 is 9.50 Å². The summed E-state index contributed by atoms with van der Waals surface area (Å²) in [6.45, 7) is 2.69. The number of hydrogen-bond acceptors (Lipinski definition) is 6. The van der Waals surface area contributed by atoms with Gasteiger partial charge >= 0.3 is 0 Å². The molecule has 0 saturated heterocycles. The lowest BCUT2D eigenvalue weighted by atomic mass is 10.0. The highest BCUT2D eigenvalue weighted by Gasteiger charge is 2.24. The third-order valence-corrected chi connectivity index (χ3v) is 4.51. The van der Waals surface area contributed by atoms with Gasteiger partial charge in [0.05, 0.1) is 23.6 Å². The number of aliphatic hydroxyl groups is 1. The molecule has 3 heterocycles. The number of rotatable bonds is 5. The van der Waals surface area contributed by atoms with Crippen molar-refractivity contribution in [2.45, 2.75) is 25.8 Å². The zero-order valence-electron chi connectivity index (χ0n) is 15.0. The standard InChI is InChI=1S/C19H21FN6O/c1-12(11-27)23-19-21-10-8-15(24-19)17-16-3-2-9-22-26(16)25-18(17)13-4-6-14(20)7-5-13/h4-8,10,12,22,27H,2-3,9,11H2,1H3,(H,21,23,24). The Kier molecular flexibility index (Phi) is 4.72. The summed E-state index contributed by atoms with van der Waals surface area (Å²) in [5.41, 5.74) is 7.54. The molecule has 1 aliphatic rings. The molecule has 0 saturated carbocycles. The van der Waals surface area contributed by atoms with E-state index in [9.17, 15) is 9.50 Å². The second kappa shape index (κ2) is 7.32.